The molecule has 0 heterocycles. The molecule has 19 heavy (non-hydrogen) atoms. The zero-order valence-electron chi connectivity index (χ0n) is 12.6. The maximum Gasteiger partial charge on any atom is 0.0572 e. The molecule has 2 rings (SSSR count). The molecule has 1 aliphatic rings. The lowest BCUT2D eigenvalue weighted by Gasteiger charge is -2.29. The molecule has 0 spiro atoms. The first-order valence-corrected chi connectivity index (χ1v) is 7.17. The van der Waals surface area contributed by atoms with Crippen molar-refractivity contribution in [1.82, 2.24) is 0 Å². The van der Waals surface area contributed by atoms with Crippen molar-refractivity contribution < 1.29 is 4.74 Å². The van der Waals surface area contributed by atoms with E-state index in [0.29, 0.717) is 12.1 Å². The highest BCUT2D eigenvalue weighted by atomic mass is 16.5. The van der Waals surface area contributed by atoms with Crippen molar-refractivity contribution in [1.29, 1.82) is 0 Å². The highest BCUT2D eigenvalue weighted by Gasteiger charge is 2.20. The Morgan fingerprint density at radius 3 is 2.42 bits per heavy atom. The van der Waals surface area contributed by atoms with Crippen LogP contribution in [0.5, 0.6) is 0 Å². The number of anilines is 2. The van der Waals surface area contributed by atoms with Gasteiger partial charge in [-0.05, 0) is 50.3 Å². The van der Waals surface area contributed by atoms with E-state index in [2.05, 4.69) is 49.4 Å². The largest absolute Gasteiger partial charge is 0.382 e. The predicted octanol–water partition coefficient (Wildman–Crippen LogP) is 3.43. The van der Waals surface area contributed by atoms with Gasteiger partial charge in [0.25, 0.3) is 0 Å². The maximum absolute atomic E-state index is 5.42. The normalized spacial score (nSPS) is 23.2. The molecule has 1 aromatic carbocycles. The summed E-state index contributed by atoms with van der Waals surface area (Å²) in [5.41, 5.74) is 3.84. The summed E-state index contributed by atoms with van der Waals surface area (Å²) in [5.74, 6) is 0. The van der Waals surface area contributed by atoms with Crippen LogP contribution in [-0.4, -0.2) is 33.4 Å². The van der Waals surface area contributed by atoms with Gasteiger partial charge in [0.05, 0.1) is 6.10 Å². The van der Waals surface area contributed by atoms with Gasteiger partial charge in [0.1, 0.15) is 0 Å². The summed E-state index contributed by atoms with van der Waals surface area (Å²) in [6.45, 7) is 2.16. The van der Waals surface area contributed by atoms with Crippen LogP contribution < -0.4 is 10.2 Å². The standard InChI is InChI=1S/C16H26N2O/c1-12-5-6-14(11-16(12)18(2)3)17-13-7-9-15(19-4)10-8-13/h5-6,11,13,15,17H,7-10H2,1-4H3. The summed E-state index contributed by atoms with van der Waals surface area (Å²) in [7, 11) is 6.01. The van der Waals surface area contributed by atoms with Gasteiger partial charge in [-0.3, -0.25) is 0 Å². The van der Waals surface area contributed by atoms with Crippen molar-refractivity contribution in [3.05, 3.63) is 23.8 Å². The van der Waals surface area contributed by atoms with Crippen molar-refractivity contribution in [3.8, 4) is 0 Å². The van der Waals surface area contributed by atoms with Gasteiger partial charge < -0.3 is 15.0 Å². The van der Waals surface area contributed by atoms with Crippen LogP contribution in [-0.2, 0) is 4.74 Å². The fourth-order valence-electron chi connectivity index (χ4n) is 2.86. The molecule has 0 bridgehead atoms. The van der Waals surface area contributed by atoms with Crippen LogP contribution in [0, 0.1) is 6.92 Å². The Kier molecular flexibility index (Phi) is 4.70. The van der Waals surface area contributed by atoms with Gasteiger partial charge in [-0.15, -0.1) is 0 Å². The molecule has 1 N–H and O–H groups in total. The van der Waals surface area contributed by atoms with E-state index in [9.17, 15) is 0 Å². The molecule has 106 valence electrons. The molecule has 1 saturated carbocycles. The second kappa shape index (κ2) is 6.29. The molecule has 1 fully saturated rings. The molecule has 0 aromatic heterocycles. The van der Waals surface area contributed by atoms with Crippen LogP contribution in [0.4, 0.5) is 11.4 Å². The van der Waals surface area contributed by atoms with Crippen LogP contribution in [0.3, 0.4) is 0 Å². The molecule has 3 heteroatoms. The molecule has 1 aromatic rings. The topological polar surface area (TPSA) is 24.5 Å². The first-order chi connectivity index (χ1) is 9.10. The number of ether oxygens (including phenoxy) is 1. The quantitative estimate of drug-likeness (QED) is 0.899. The molecule has 1 aliphatic carbocycles. The van der Waals surface area contributed by atoms with Crippen molar-refractivity contribution in [3.63, 3.8) is 0 Å². The Hall–Kier alpha value is -1.22. The third kappa shape index (κ3) is 3.63. The number of benzene rings is 1. The van der Waals surface area contributed by atoms with Crippen LogP contribution in [0.2, 0.25) is 0 Å². The summed E-state index contributed by atoms with van der Waals surface area (Å²) in [5, 5.41) is 3.67. The fraction of sp³-hybridized carbons (Fsp3) is 0.625. The highest BCUT2D eigenvalue weighted by Crippen LogP contribution is 2.27. The zero-order chi connectivity index (χ0) is 13.8. The number of methoxy groups -OCH3 is 1. The smallest absolute Gasteiger partial charge is 0.0572 e. The predicted molar refractivity (Wildman–Crippen MR) is 82.2 cm³/mol. The summed E-state index contributed by atoms with van der Waals surface area (Å²) in [6, 6.07) is 7.21. The van der Waals surface area contributed by atoms with E-state index in [1.54, 1.807) is 0 Å². The molecule has 3 nitrogen and oxygen atoms in total. The lowest BCUT2D eigenvalue weighted by atomic mass is 9.93. The van der Waals surface area contributed by atoms with E-state index < -0.39 is 0 Å². The number of rotatable bonds is 4. The Morgan fingerprint density at radius 2 is 1.84 bits per heavy atom. The molecule has 0 radical (unpaired) electrons. The van der Waals surface area contributed by atoms with Crippen LogP contribution >= 0.6 is 0 Å². The Balaban J connectivity index is 1.98. The molecule has 0 unspecified atom stereocenters. The van der Waals surface area contributed by atoms with Crippen LogP contribution in [0.1, 0.15) is 31.2 Å². The van der Waals surface area contributed by atoms with Gasteiger partial charge in [-0.25, -0.2) is 0 Å². The molecule has 0 saturated heterocycles. The van der Waals surface area contributed by atoms with E-state index in [4.69, 9.17) is 4.74 Å². The molecule has 0 aliphatic heterocycles. The SMILES string of the molecule is COC1CCC(Nc2ccc(C)c(N(C)C)c2)CC1. The minimum Gasteiger partial charge on any atom is -0.382 e. The van der Waals surface area contributed by atoms with E-state index in [-0.39, 0.29) is 0 Å². The third-order valence-corrected chi connectivity index (χ3v) is 4.07. The summed E-state index contributed by atoms with van der Waals surface area (Å²) in [4.78, 5) is 2.17. The fourth-order valence-corrected chi connectivity index (χ4v) is 2.86. The Bertz CT molecular complexity index is 409. The minimum atomic E-state index is 0.466. The first kappa shape index (κ1) is 14.2. The average molecular weight is 262 g/mol. The van der Waals surface area contributed by atoms with Crippen LogP contribution in [0.15, 0.2) is 18.2 Å². The number of hydrogen-bond donors (Lipinski definition) is 1. The van der Waals surface area contributed by atoms with Gasteiger partial charge in [0, 0.05) is 38.6 Å². The van der Waals surface area contributed by atoms with Crippen molar-refractivity contribution in [2.24, 2.45) is 0 Å². The second-order valence-electron chi connectivity index (χ2n) is 5.75. The Morgan fingerprint density at radius 1 is 1.16 bits per heavy atom. The van der Waals surface area contributed by atoms with Crippen molar-refractivity contribution in [2.75, 3.05) is 31.4 Å². The van der Waals surface area contributed by atoms with Crippen molar-refractivity contribution >= 4 is 11.4 Å². The summed E-state index contributed by atoms with van der Waals surface area (Å²) in [6.07, 6.45) is 5.20. The van der Waals surface area contributed by atoms with Gasteiger partial charge >= 0.3 is 0 Å². The average Bonchev–Trinajstić information content (AvgIpc) is 2.41. The lowest BCUT2D eigenvalue weighted by molar-refractivity contribution is 0.0682. The van der Waals surface area contributed by atoms with Crippen molar-refractivity contribution in [2.45, 2.75) is 44.8 Å². The number of hydrogen-bond acceptors (Lipinski definition) is 3. The molecular formula is C16H26N2O. The summed E-state index contributed by atoms with van der Waals surface area (Å²) < 4.78 is 5.42. The van der Waals surface area contributed by atoms with Gasteiger partial charge in [0.2, 0.25) is 0 Å². The first-order valence-electron chi connectivity index (χ1n) is 7.17. The van der Waals surface area contributed by atoms with E-state index in [1.165, 1.54) is 42.6 Å². The van der Waals surface area contributed by atoms with Gasteiger partial charge in [-0.2, -0.15) is 0 Å². The number of aryl methyl sites for hydroxylation is 1. The molecule has 0 atom stereocenters. The van der Waals surface area contributed by atoms with Gasteiger partial charge in [-0.1, -0.05) is 6.07 Å². The van der Waals surface area contributed by atoms with Gasteiger partial charge in [0.15, 0.2) is 0 Å². The minimum absolute atomic E-state index is 0.466. The highest BCUT2D eigenvalue weighted by molar-refractivity contribution is 5.62. The second-order valence-corrected chi connectivity index (χ2v) is 5.75. The number of nitrogens with one attached hydrogen (secondary N) is 1. The van der Waals surface area contributed by atoms with E-state index in [0.717, 1.165) is 0 Å². The zero-order valence-corrected chi connectivity index (χ0v) is 12.6. The van der Waals surface area contributed by atoms with E-state index >= 15 is 0 Å². The maximum atomic E-state index is 5.42. The number of nitrogens with zero attached hydrogens (tertiary/aromatic N) is 1. The molecular weight excluding hydrogens is 236 g/mol. The third-order valence-electron chi connectivity index (χ3n) is 4.07. The van der Waals surface area contributed by atoms with E-state index in [1.807, 2.05) is 7.11 Å². The van der Waals surface area contributed by atoms with Crippen LogP contribution in [0.25, 0.3) is 0 Å². The molecule has 0 amide bonds. The lowest BCUT2D eigenvalue weighted by Crippen LogP contribution is -2.29. The monoisotopic (exact) mass is 262 g/mol. The Labute approximate surface area is 116 Å². The summed E-state index contributed by atoms with van der Waals surface area (Å²) >= 11 is 0.